The van der Waals surface area contributed by atoms with E-state index in [1.165, 1.54) is 5.56 Å². The highest BCUT2D eigenvalue weighted by atomic mass is 16.2. The molecule has 0 atom stereocenters. The minimum Gasteiger partial charge on any atom is -0.334 e. The van der Waals surface area contributed by atoms with Crippen LogP contribution in [-0.4, -0.2) is 11.0 Å². The predicted octanol–water partition coefficient (Wildman–Crippen LogP) is 3.02. The van der Waals surface area contributed by atoms with E-state index in [9.17, 15) is 4.79 Å². The monoisotopic (exact) mass is 255 g/mol. The highest BCUT2D eigenvalue weighted by molar-refractivity contribution is 5.89. The van der Waals surface area contributed by atoms with Crippen molar-refractivity contribution in [2.75, 3.05) is 5.32 Å². The van der Waals surface area contributed by atoms with Gasteiger partial charge in [-0.15, -0.1) is 0 Å². The Morgan fingerprint density at radius 1 is 1.16 bits per heavy atom. The lowest BCUT2D eigenvalue weighted by Gasteiger charge is -2.10. The van der Waals surface area contributed by atoms with Crippen molar-refractivity contribution in [3.8, 4) is 0 Å². The molecule has 0 spiro atoms. The van der Waals surface area contributed by atoms with E-state index in [2.05, 4.69) is 15.6 Å². The zero-order valence-electron chi connectivity index (χ0n) is 11.1. The van der Waals surface area contributed by atoms with Crippen LogP contribution in [0.3, 0.4) is 0 Å². The number of hydrogen-bond donors (Lipinski definition) is 2. The van der Waals surface area contributed by atoms with Crippen molar-refractivity contribution in [1.29, 1.82) is 0 Å². The molecule has 4 nitrogen and oxygen atoms in total. The van der Waals surface area contributed by atoms with Gasteiger partial charge in [-0.1, -0.05) is 24.3 Å². The molecule has 2 amide bonds. The van der Waals surface area contributed by atoms with Gasteiger partial charge in [-0.05, 0) is 36.6 Å². The molecule has 0 aliphatic carbocycles. The first-order valence-electron chi connectivity index (χ1n) is 6.17. The smallest absolute Gasteiger partial charge is 0.319 e. The zero-order valence-corrected chi connectivity index (χ0v) is 11.1. The van der Waals surface area contributed by atoms with Crippen molar-refractivity contribution in [2.24, 2.45) is 0 Å². The first kappa shape index (κ1) is 13.1. The van der Waals surface area contributed by atoms with Gasteiger partial charge in [0.1, 0.15) is 0 Å². The molecule has 0 aliphatic heterocycles. The Balaban J connectivity index is 1.92. The van der Waals surface area contributed by atoms with Crippen molar-refractivity contribution in [2.45, 2.75) is 20.4 Å². The SMILES string of the molecule is Cc1ccccc1CNC(=O)Nc1ccncc1C. The maximum Gasteiger partial charge on any atom is 0.319 e. The van der Waals surface area contributed by atoms with Crippen LogP contribution in [0.15, 0.2) is 42.7 Å². The summed E-state index contributed by atoms with van der Waals surface area (Å²) in [7, 11) is 0. The summed E-state index contributed by atoms with van der Waals surface area (Å²) in [5, 5.41) is 5.65. The number of nitrogens with one attached hydrogen (secondary N) is 2. The van der Waals surface area contributed by atoms with E-state index in [1.54, 1.807) is 18.5 Å². The third kappa shape index (κ3) is 3.55. The average Bonchev–Trinajstić information content (AvgIpc) is 2.40. The molecule has 4 heteroatoms. The van der Waals surface area contributed by atoms with Crippen LogP contribution in [0.25, 0.3) is 0 Å². The molecule has 1 heterocycles. The fraction of sp³-hybridized carbons (Fsp3) is 0.200. The van der Waals surface area contributed by atoms with E-state index < -0.39 is 0 Å². The molecule has 0 aliphatic rings. The zero-order chi connectivity index (χ0) is 13.7. The predicted molar refractivity (Wildman–Crippen MR) is 76.0 cm³/mol. The number of urea groups is 1. The molecule has 2 rings (SSSR count). The summed E-state index contributed by atoms with van der Waals surface area (Å²) in [5.74, 6) is 0. The van der Waals surface area contributed by atoms with Gasteiger partial charge in [0.2, 0.25) is 0 Å². The maximum absolute atomic E-state index is 11.8. The largest absolute Gasteiger partial charge is 0.334 e. The number of aromatic nitrogens is 1. The fourth-order valence-corrected chi connectivity index (χ4v) is 1.76. The van der Waals surface area contributed by atoms with E-state index in [4.69, 9.17) is 0 Å². The number of pyridine rings is 1. The number of anilines is 1. The van der Waals surface area contributed by atoms with Crippen LogP contribution < -0.4 is 10.6 Å². The Kier molecular flexibility index (Phi) is 4.13. The number of nitrogens with zero attached hydrogens (tertiary/aromatic N) is 1. The van der Waals surface area contributed by atoms with Crippen LogP contribution >= 0.6 is 0 Å². The molecule has 0 unspecified atom stereocenters. The van der Waals surface area contributed by atoms with Crippen molar-refractivity contribution in [3.05, 3.63) is 59.4 Å². The Morgan fingerprint density at radius 3 is 2.68 bits per heavy atom. The quantitative estimate of drug-likeness (QED) is 0.885. The van der Waals surface area contributed by atoms with Crippen LogP contribution in [0.1, 0.15) is 16.7 Å². The Labute approximate surface area is 112 Å². The number of hydrogen-bond acceptors (Lipinski definition) is 2. The second-order valence-electron chi connectivity index (χ2n) is 4.42. The molecule has 2 N–H and O–H groups in total. The first-order valence-corrected chi connectivity index (χ1v) is 6.17. The Morgan fingerprint density at radius 2 is 1.95 bits per heavy atom. The molecule has 19 heavy (non-hydrogen) atoms. The van der Waals surface area contributed by atoms with Crippen molar-refractivity contribution < 1.29 is 4.79 Å². The minimum atomic E-state index is -0.211. The molecule has 98 valence electrons. The summed E-state index contributed by atoms with van der Waals surface area (Å²) in [5.41, 5.74) is 4.00. The molecule has 0 bridgehead atoms. The van der Waals surface area contributed by atoms with E-state index in [0.29, 0.717) is 6.54 Å². The molecular weight excluding hydrogens is 238 g/mol. The van der Waals surface area contributed by atoms with Crippen molar-refractivity contribution >= 4 is 11.7 Å². The van der Waals surface area contributed by atoms with Gasteiger partial charge in [0.05, 0.1) is 0 Å². The number of aryl methyl sites for hydroxylation is 2. The standard InChI is InChI=1S/C15H17N3O/c1-11-5-3-4-6-13(11)10-17-15(19)18-14-7-8-16-9-12(14)2/h3-9H,10H2,1-2H3,(H2,16,17,18,19). The topological polar surface area (TPSA) is 54.0 Å². The van der Waals surface area contributed by atoms with Crippen LogP contribution in [0.4, 0.5) is 10.5 Å². The number of rotatable bonds is 3. The summed E-state index contributed by atoms with van der Waals surface area (Å²) < 4.78 is 0. The van der Waals surface area contributed by atoms with Gasteiger partial charge < -0.3 is 10.6 Å². The van der Waals surface area contributed by atoms with Gasteiger partial charge in [-0.2, -0.15) is 0 Å². The molecule has 2 aromatic rings. The number of carbonyl (C=O) groups is 1. The Hall–Kier alpha value is -2.36. The van der Waals surface area contributed by atoms with Gasteiger partial charge in [0, 0.05) is 24.6 Å². The van der Waals surface area contributed by atoms with E-state index in [0.717, 1.165) is 16.8 Å². The first-order chi connectivity index (χ1) is 9.16. The second kappa shape index (κ2) is 6.00. The van der Waals surface area contributed by atoms with Crippen LogP contribution in [0.5, 0.6) is 0 Å². The lowest BCUT2D eigenvalue weighted by atomic mass is 10.1. The maximum atomic E-state index is 11.8. The summed E-state index contributed by atoms with van der Waals surface area (Å²) in [6.07, 6.45) is 3.38. The molecule has 0 radical (unpaired) electrons. The molecule has 0 fully saturated rings. The Bertz CT molecular complexity index is 581. The molecule has 0 saturated heterocycles. The van der Waals surface area contributed by atoms with Gasteiger partial charge >= 0.3 is 6.03 Å². The van der Waals surface area contributed by atoms with Crippen LogP contribution in [0, 0.1) is 13.8 Å². The van der Waals surface area contributed by atoms with Gasteiger partial charge in [-0.25, -0.2) is 4.79 Å². The summed E-state index contributed by atoms with van der Waals surface area (Å²) in [6, 6.07) is 9.56. The number of benzene rings is 1. The summed E-state index contributed by atoms with van der Waals surface area (Å²) in [6.45, 7) is 4.45. The van der Waals surface area contributed by atoms with Crippen LogP contribution in [0.2, 0.25) is 0 Å². The summed E-state index contributed by atoms with van der Waals surface area (Å²) >= 11 is 0. The van der Waals surface area contributed by atoms with Crippen molar-refractivity contribution in [1.82, 2.24) is 10.3 Å². The molecule has 1 aromatic carbocycles. The number of carbonyl (C=O) groups excluding carboxylic acids is 1. The second-order valence-corrected chi connectivity index (χ2v) is 4.42. The van der Waals surface area contributed by atoms with Gasteiger partial charge in [0.25, 0.3) is 0 Å². The normalized spacial score (nSPS) is 10.0. The highest BCUT2D eigenvalue weighted by Gasteiger charge is 2.04. The van der Waals surface area contributed by atoms with E-state index in [1.807, 2.05) is 38.1 Å². The molecular formula is C15H17N3O. The van der Waals surface area contributed by atoms with Crippen LogP contribution in [-0.2, 0) is 6.54 Å². The number of amides is 2. The average molecular weight is 255 g/mol. The lowest BCUT2D eigenvalue weighted by Crippen LogP contribution is -2.28. The minimum absolute atomic E-state index is 0.211. The van der Waals surface area contributed by atoms with Gasteiger partial charge in [-0.3, -0.25) is 4.98 Å². The highest BCUT2D eigenvalue weighted by Crippen LogP contribution is 2.11. The fourth-order valence-electron chi connectivity index (χ4n) is 1.76. The molecule has 1 aromatic heterocycles. The van der Waals surface area contributed by atoms with Crippen molar-refractivity contribution in [3.63, 3.8) is 0 Å². The summed E-state index contributed by atoms with van der Waals surface area (Å²) in [4.78, 5) is 15.8. The third-order valence-electron chi connectivity index (χ3n) is 2.97. The van der Waals surface area contributed by atoms with E-state index >= 15 is 0 Å². The molecule has 0 saturated carbocycles. The lowest BCUT2D eigenvalue weighted by molar-refractivity contribution is 0.251. The van der Waals surface area contributed by atoms with E-state index in [-0.39, 0.29) is 6.03 Å². The third-order valence-corrected chi connectivity index (χ3v) is 2.97. The van der Waals surface area contributed by atoms with Gasteiger partial charge in [0.15, 0.2) is 0 Å².